The Morgan fingerprint density at radius 1 is 0.974 bits per heavy atom. The van der Waals surface area contributed by atoms with Crippen LogP contribution < -0.4 is 10.2 Å². The van der Waals surface area contributed by atoms with E-state index in [-0.39, 0.29) is 41.6 Å². The summed E-state index contributed by atoms with van der Waals surface area (Å²) in [6.07, 6.45) is -3.86. The monoisotopic (exact) mass is 537 g/mol. The lowest BCUT2D eigenvalue weighted by molar-refractivity contribution is -0.137. The van der Waals surface area contributed by atoms with E-state index in [1.165, 1.54) is 23.1 Å². The van der Waals surface area contributed by atoms with Gasteiger partial charge in [-0.1, -0.05) is 24.8 Å². The number of nitrogens with zero attached hydrogens (tertiary/aromatic N) is 4. The molecule has 0 unspecified atom stereocenters. The van der Waals surface area contributed by atoms with E-state index in [0.717, 1.165) is 18.6 Å². The highest BCUT2D eigenvalue weighted by Gasteiger charge is 2.32. The van der Waals surface area contributed by atoms with E-state index in [4.69, 9.17) is 0 Å². The van der Waals surface area contributed by atoms with Crippen LogP contribution in [0.25, 0.3) is 0 Å². The summed E-state index contributed by atoms with van der Waals surface area (Å²) in [5, 5.41) is 20.4. The minimum atomic E-state index is -4.66. The number of benzene rings is 2. The zero-order valence-corrected chi connectivity index (χ0v) is 21.1. The first-order valence-corrected chi connectivity index (χ1v) is 12.3. The number of hydrogen-bond acceptors (Lipinski definition) is 6. The number of hydrogen-bond donors (Lipinski definition) is 2. The lowest BCUT2D eigenvalue weighted by Crippen LogP contribution is -2.49. The van der Waals surface area contributed by atoms with Crippen molar-refractivity contribution in [2.24, 2.45) is 0 Å². The van der Waals surface area contributed by atoms with Crippen LogP contribution in [0.5, 0.6) is 5.75 Å². The molecule has 0 aliphatic carbocycles. The van der Waals surface area contributed by atoms with Crippen molar-refractivity contribution < 1.29 is 27.9 Å². The normalized spacial score (nSPS) is 13.4. The maximum atomic E-state index is 13.6. The standard InChI is InChI=1S/C28H26F3N5O3/c1-2-10-32-26(38)24-8-9-25(34-33-24)35-11-13-36(14-12-35)27(39)21-15-20(16-22(18-21)28(29,30)31)7-6-19-4-3-5-23(37)17-19/h3-5,8-9,15-18,37H,2,10-14H2,1H3,(H,32,38). The molecular formula is C28H26F3N5O3. The molecule has 0 radical (unpaired) electrons. The van der Waals surface area contributed by atoms with Crippen molar-refractivity contribution in [3.05, 3.63) is 82.5 Å². The molecule has 202 valence electrons. The van der Waals surface area contributed by atoms with Crippen molar-refractivity contribution in [1.82, 2.24) is 20.4 Å². The van der Waals surface area contributed by atoms with Crippen LogP contribution in [0.3, 0.4) is 0 Å². The Bertz CT molecular complexity index is 1410. The van der Waals surface area contributed by atoms with Gasteiger partial charge in [0, 0.05) is 49.4 Å². The summed E-state index contributed by atoms with van der Waals surface area (Å²) in [6, 6.07) is 12.4. The lowest BCUT2D eigenvalue weighted by Gasteiger charge is -2.35. The zero-order valence-electron chi connectivity index (χ0n) is 21.1. The SMILES string of the molecule is CCCNC(=O)c1ccc(N2CCN(C(=O)c3cc(C#Cc4cccc(O)c4)cc(C(F)(F)F)c3)CC2)nn1. The molecule has 2 heterocycles. The molecule has 0 bridgehead atoms. The highest BCUT2D eigenvalue weighted by molar-refractivity contribution is 5.95. The van der Waals surface area contributed by atoms with Crippen LogP contribution in [-0.2, 0) is 6.18 Å². The van der Waals surface area contributed by atoms with E-state index in [1.54, 1.807) is 24.3 Å². The summed E-state index contributed by atoms with van der Waals surface area (Å²) in [4.78, 5) is 28.6. The van der Waals surface area contributed by atoms with Gasteiger partial charge < -0.3 is 20.2 Å². The van der Waals surface area contributed by atoms with Crippen molar-refractivity contribution in [2.75, 3.05) is 37.6 Å². The van der Waals surface area contributed by atoms with Gasteiger partial charge in [0.05, 0.1) is 5.56 Å². The van der Waals surface area contributed by atoms with Gasteiger partial charge in [-0.2, -0.15) is 13.2 Å². The number of carbonyl (C=O) groups is 2. The number of aromatic nitrogens is 2. The molecule has 0 spiro atoms. The third-order valence-corrected chi connectivity index (χ3v) is 6.01. The van der Waals surface area contributed by atoms with Crippen LogP contribution in [0.15, 0.2) is 54.6 Å². The summed E-state index contributed by atoms with van der Waals surface area (Å²) >= 11 is 0. The molecule has 8 nitrogen and oxygen atoms in total. The number of amides is 2. The van der Waals surface area contributed by atoms with Gasteiger partial charge in [-0.25, -0.2) is 0 Å². The Morgan fingerprint density at radius 3 is 2.36 bits per heavy atom. The van der Waals surface area contributed by atoms with Gasteiger partial charge in [-0.05, 0) is 55.0 Å². The Balaban J connectivity index is 1.47. The molecule has 2 aromatic carbocycles. The molecule has 0 saturated carbocycles. The topological polar surface area (TPSA) is 98.7 Å². The Morgan fingerprint density at radius 2 is 1.72 bits per heavy atom. The van der Waals surface area contributed by atoms with Crippen molar-refractivity contribution in [1.29, 1.82) is 0 Å². The average molecular weight is 538 g/mol. The maximum absolute atomic E-state index is 13.6. The van der Waals surface area contributed by atoms with E-state index < -0.39 is 17.6 Å². The van der Waals surface area contributed by atoms with E-state index in [9.17, 15) is 27.9 Å². The predicted octanol–water partition coefficient (Wildman–Crippen LogP) is 3.70. The quantitative estimate of drug-likeness (QED) is 0.482. The van der Waals surface area contributed by atoms with Crippen LogP contribution in [0.1, 0.15) is 50.9 Å². The van der Waals surface area contributed by atoms with E-state index in [1.807, 2.05) is 11.8 Å². The van der Waals surface area contributed by atoms with Crippen molar-refractivity contribution in [2.45, 2.75) is 19.5 Å². The fourth-order valence-electron chi connectivity index (χ4n) is 3.98. The number of phenols is 1. The molecule has 11 heteroatoms. The molecule has 39 heavy (non-hydrogen) atoms. The Hall–Kier alpha value is -4.59. The van der Waals surface area contributed by atoms with Crippen LogP contribution in [0.4, 0.5) is 19.0 Å². The van der Waals surface area contributed by atoms with E-state index in [2.05, 4.69) is 27.4 Å². The number of halogens is 3. The number of nitrogens with one attached hydrogen (secondary N) is 1. The van der Waals surface area contributed by atoms with Crippen molar-refractivity contribution in [3.63, 3.8) is 0 Å². The third-order valence-electron chi connectivity index (χ3n) is 6.01. The third kappa shape index (κ3) is 7.04. The number of alkyl halides is 3. The summed E-state index contributed by atoms with van der Waals surface area (Å²) < 4.78 is 40.8. The molecule has 1 fully saturated rings. The molecule has 1 aromatic heterocycles. The van der Waals surface area contributed by atoms with Crippen molar-refractivity contribution >= 4 is 17.6 Å². The molecule has 3 aromatic rings. The molecule has 1 aliphatic rings. The zero-order chi connectivity index (χ0) is 28.0. The average Bonchev–Trinajstić information content (AvgIpc) is 2.94. The van der Waals surface area contributed by atoms with E-state index >= 15 is 0 Å². The van der Waals surface area contributed by atoms with E-state index in [0.29, 0.717) is 31.0 Å². The Kier molecular flexibility index (Phi) is 8.34. The predicted molar refractivity (Wildman–Crippen MR) is 138 cm³/mol. The van der Waals surface area contributed by atoms with Gasteiger partial charge in [-0.15, -0.1) is 10.2 Å². The Labute approximate surface area is 223 Å². The number of carbonyl (C=O) groups excluding carboxylic acids is 2. The second-order valence-electron chi connectivity index (χ2n) is 8.91. The van der Waals surface area contributed by atoms with Crippen LogP contribution in [0, 0.1) is 11.8 Å². The lowest BCUT2D eigenvalue weighted by atomic mass is 10.0. The van der Waals surface area contributed by atoms with Crippen LogP contribution >= 0.6 is 0 Å². The fraction of sp³-hybridized carbons (Fsp3) is 0.286. The summed E-state index contributed by atoms with van der Waals surface area (Å²) in [5.74, 6) is 5.08. The van der Waals surface area contributed by atoms with Crippen molar-refractivity contribution in [3.8, 4) is 17.6 Å². The minimum absolute atomic E-state index is 0.0137. The molecule has 2 N–H and O–H groups in total. The summed E-state index contributed by atoms with van der Waals surface area (Å²) in [5.41, 5.74) is -0.414. The second-order valence-corrected chi connectivity index (χ2v) is 8.91. The van der Waals surface area contributed by atoms with Gasteiger partial charge >= 0.3 is 6.18 Å². The number of phenolic OH excluding ortho intramolecular Hbond substituents is 1. The number of anilines is 1. The highest BCUT2D eigenvalue weighted by Crippen LogP contribution is 2.31. The fourth-order valence-corrected chi connectivity index (χ4v) is 3.98. The largest absolute Gasteiger partial charge is 0.508 e. The first-order valence-electron chi connectivity index (χ1n) is 12.3. The molecule has 4 rings (SSSR count). The molecule has 1 saturated heterocycles. The maximum Gasteiger partial charge on any atom is 0.416 e. The summed E-state index contributed by atoms with van der Waals surface area (Å²) in [6.45, 7) is 3.80. The smallest absolute Gasteiger partial charge is 0.416 e. The highest BCUT2D eigenvalue weighted by atomic mass is 19.4. The van der Waals surface area contributed by atoms with Gasteiger partial charge in [0.2, 0.25) is 0 Å². The van der Waals surface area contributed by atoms with Gasteiger partial charge in [0.25, 0.3) is 11.8 Å². The van der Waals surface area contributed by atoms with Gasteiger partial charge in [0.15, 0.2) is 11.5 Å². The van der Waals surface area contributed by atoms with Crippen LogP contribution in [0.2, 0.25) is 0 Å². The second kappa shape index (κ2) is 11.9. The molecule has 2 amide bonds. The van der Waals surface area contributed by atoms with Gasteiger partial charge in [-0.3, -0.25) is 9.59 Å². The number of rotatable bonds is 5. The minimum Gasteiger partial charge on any atom is -0.508 e. The summed E-state index contributed by atoms with van der Waals surface area (Å²) in [7, 11) is 0. The first kappa shape index (κ1) is 27.4. The molecular weight excluding hydrogens is 511 g/mol. The first-order chi connectivity index (χ1) is 18.6. The van der Waals surface area contributed by atoms with Crippen LogP contribution in [-0.4, -0.2) is 64.7 Å². The molecule has 0 atom stereocenters. The van der Waals surface area contributed by atoms with Gasteiger partial charge in [0.1, 0.15) is 5.75 Å². The number of piperazine rings is 1. The number of aromatic hydroxyl groups is 1. The molecule has 1 aliphatic heterocycles.